The predicted molar refractivity (Wildman–Crippen MR) is 127 cm³/mol. The highest BCUT2D eigenvalue weighted by Gasteiger charge is 2.27. The molecule has 0 unspecified atom stereocenters. The molecule has 0 bridgehead atoms. The lowest BCUT2D eigenvalue weighted by molar-refractivity contribution is 0.256. The second kappa shape index (κ2) is 8.75. The van der Waals surface area contributed by atoms with E-state index < -0.39 is 16.1 Å². The van der Waals surface area contributed by atoms with Gasteiger partial charge in [0.1, 0.15) is 0 Å². The zero-order valence-corrected chi connectivity index (χ0v) is 20.0. The Balaban J connectivity index is 1.44. The van der Waals surface area contributed by atoms with Crippen molar-refractivity contribution in [3.8, 4) is 17.0 Å². The summed E-state index contributed by atoms with van der Waals surface area (Å²) in [5.41, 5.74) is 5.44. The second-order valence-corrected chi connectivity index (χ2v) is 10.5. The number of ether oxygens (including phenoxy) is 1. The fourth-order valence-corrected chi connectivity index (χ4v) is 5.40. The molecule has 5 rings (SSSR count). The van der Waals surface area contributed by atoms with Gasteiger partial charge in [0.05, 0.1) is 12.8 Å². The average Bonchev–Trinajstić information content (AvgIpc) is 3.27. The lowest BCUT2D eigenvalue weighted by Gasteiger charge is -2.19. The van der Waals surface area contributed by atoms with Crippen molar-refractivity contribution in [3.05, 3.63) is 53.3 Å². The van der Waals surface area contributed by atoms with Gasteiger partial charge in [-0.3, -0.25) is 4.68 Å². The molecule has 178 valence electrons. The highest BCUT2D eigenvalue weighted by Crippen LogP contribution is 2.40. The van der Waals surface area contributed by atoms with Gasteiger partial charge in [-0.25, -0.2) is 14.5 Å². The summed E-state index contributed by atoms with van der Waals surface area (Å²) in [5.74, 6) is 1.01. The summed E-state index contributed by atoms with van der Waals surface area (Å²) in [6.07, 6.45) is 8.25. The Morgan fingerprint density at radius 1 is 1.24 bits per heavy atom. The van der Waals surface area contributed by atoms with Crippen molar-refractivity contribution in [2.24, 2.45) is 5.92 Å². The number of hydrogen-bond acceptors (Lipinski definition) is 6. The third-order valence-electron chi connectivity index (χ3n) is 6.33. The van der Waals surface area contributed by atoms with Crippen molar-refractivity contribution in [3.63, 3.8) is 0 Å². The maximum atomic E-state index is 12.9. The second-order valence-electron chi connectivity index (χ2n) is 8.90. The van der Waals surface area contributed by atoms with Crippen LogP contribution < -0.4 is 14.8 Å². The molecule has 3 aromatic rings. The van der Waals surface area contributed by atoms with E-state index in [2.05, 4.69) is 26.2 Å². The van der Waals surface area contributed by atoms with Crippen LogP contribution in [0, 0.1) is 12.8 Å². The topological polar surface area (TPSA) is 115 Å². The molecule has 0 aliphatic heterocycles. The summed E-state index contributed by atoms with van der Waals surface area (Å²) < 4.78 is 34.6. The first-order valence-corrected chi connectivity index (χ1v) is 12.9. The predicted octanol–water partition coefficient (Wildman–Crippen LogP) is 3.67. The van der Waals surface area contributed by atoms with Gasteiger partial charge < -0.3 is 10.1 Å². The van der Waals surface area contributed by atoms with Gasteiger partial charge >= 0.3 is 6.03 Å². The molecule has 1 aromatic carbocycles. The number of hydrogen-bond donors (Lipinski definition) is 2. The molecular weight excluding hydrogens is 454 g/mol. The van der Waals surface area contributed by atoms with E-state index in [1.165, 1.54) is 11.6 Å². The van der Waals surface area contributed by atoms with E-state index in [1.54, 1.807) is 30.3 Å². The molecule has 0 atom stereocenters. The molecule has 2 N–H and O–H groups in total. The maximum Gasteiger partial charge on any atom is 0.333 e. The molecule has 0 spiro atoms. The largest absolute Gasteiger partial charge is 0.481 e. The van der Waals surface area contributed by atoms with Crippen molar-refractivity contribution in [2.45, 2.75) is 50.6 Å². The number of anilines is 1. The van der Waals surface area contributed by atoms with Crippen LogP contribution in [-0.4, -0.2) is 36.3 Å². The number of urea groups is 1. The Morgan fingerprint density at radius 3 is 2.82 bits per heavy atom. The van der Waals surface area contributed by atoms with Gasteiger partial charge in [0.2, 0.25) is 5.88 Å². The Morgan fingerprint density at radius 2 is 2.06 bits per heavy atom. The van der Waals surface area contributed by atoms with Crippen LogP contribution in [0.1, 0.15) is 36.0 Å². The third kappa shape index (κ3) is 4.50. The van der Waals surface area contributed by atoms with Crippen LogP contribution in [0.25, 0.3) is 11.1 Å². The molecular formula is C24H27N5O4S. The van der Waals surface area contributed by atoms with E-state index in [-0.39, 0.29) is 5.03 Å². The van der Waals surface area contributed by atoms with Crippen LogP contribution in [0.2, 0.25) is 0 Å². The van der Waals surface area contributed by atoms with Gasteiger partial charge in [-0.15, -0.1) is 0 Å². The van der Waals surface area contributed by atoms with Crippen LogP contribution in [-0.2, 0) is 29.4 Å². The zero-order valence-electron chi connectivity index (χ0n) is 19.2. The number of sulfonamides is 1. The van der Waals surface area contributed by atoms with Gasteiger partial charge in [0.15, 0.2) is 5.03 Å². The SMILES string of the molecule is COc1cc(-c2c(C)cc3c(c2NC(=O)NS(=O)(=O)c2ccn(CC4CC4)n2)CCC3)ccn1. The number of nitrogens with zero attached hydrogens (tertiary/aromatic N) is 3. The van der Waals surface area contributed by atoms with Crippen LogP contribution in [0.4, 0.5) is 10.5 Å². The Bertz CT molecular complexity index is 1360. The number of aryl methyl sites for hydroxylation is 2. The molecule has 0 saturated heterocycles. The third-order valence-corrected chi connectivity index (χ3v) is 7.55. The summed E-state index contributed by atoms with van der Waals surface area (Å²) in [7, 11) is -2.56. The van der Waals surface area contributed by atoms with Crippen LogP contribution >= 0.6 is 0 Å². The summed E-state index contributed by atoms with van der Waals surface area (Å²) >= 11 is 0. The quantitative estimate of drug-likeness (QED) is 0.532. The van der Waals surface area contributed by atoms with Crippen molar-refractivity contribution in [1.82, 2.24) is 19.5 Å². The maximum absolute atomic E-state index is 12.9. The number of rotatable bonds is 7. The molecule has 1 saturated carbocycles. The first-order chi connectivity index (χ1) is 16.3. The van der Waals surface area contributed by atoms with Gasteiger partial charge in [-0.1, -0.05) is 6.07 Å². The van der Waals surface area contributed by atoms with E-state index in [0.29, 0.717) is 24.0 Å². The summed E-state index contributed by atoms with van der Waals surface area (Å²) in [6.45, 7) is 2.67. The number of carbonyl (C=O) groups excluding carboxylic acids is 1. The fraction of sp³-hybridized carbons (Fsp3) is 0.375. The molecule has 34 heavy (non-hydrogen) atoms. The fourth-order valence-electron chi connectivity index (χ4n) is 4.55. The van der Waals surface area contributed by atoms with Gasteiger partial charge in [0.25, 0.3) is 10.0 Å². The average molecular weight is 482 g/mol. The van der Waals surface area contributed by atoms with Crippen molar-refractivity contribution in [1.29, 1.82) is 0 Å². The standard InChI is InChI=1S/C24H27N5O4S/c1-15-12-17-4-3-5-19(17)23(22(15)18-8-10-25-20(13-18)33-2)26-24(30)28-34(31,32)21-9-11-29(27-21)14-16-6-7-16/h8-13,16H,3-7,14H2,1-2H3,(H2,26,28,30). The lowest BCUT2D eigenvalue weighted by Crippen LogP contribution is -2.35. The van der Waals surface area contributed by atoms with E-state index in [9.17, 15) is 13.2 Å². The minimum absolute atomic E-state index is 0.170. The molecule has 2 heterocycles. The molecule has 2 aliphatic rings. The summed E-state index contributed by atoms with van der Waals surface area (Å²) in [4.78, 5) is 17.1. The van der Waals surface area contributed by atoms with E-state index >= 15 is 0 Å². The first-order valence-electron chi connectivity index (χ1n) is 11.4. The number of aromatic nitrogens is 3. The molecule has 2 aliphatic carbocycles. The number of pyridine rings is 1. The monoisotopic (exact) mass is 481 g/mol. The Labute approximate surface area is 198 Å². The first kappa shape index (κ1) is 22.4. The van der Waals surface area contributed by atoms with E-state index in [1.807, 2.05) is 13.0 Å². The molecule has 2 aromatic heterocycles. The number of amides is 2. The normalized spacial score (nSPS) is 15.1. The molecule has 0 radical (unpaired) electrons. The van der Waals surface area contributed by atoms with Crippen molar-refractivity contribution >= 4 is 21.7 Å². The van der Waals surface area contributed by atoms with Gasteiger partial charge in [-0.05, 0) is 79.3 Å². The molecule has 9 nitrogen and oxygen atoms in total. The van der Waals surface area contributed by atoms with Crippen molar-refractivity contribution in [2.75, 3.05) is 12.4 Å². The minimum atomic E-state index is -4.11. The van der Waals surface area contributed by atoms with Crippen LogP contribution in [0.5, 0.6) is 5.88 Å². The Hall–Kier alpha value is -3.40. The Kier molecular flexibility index (Phi) is 5.76. The zero-order chi connectivity index (χ0) is 23.9. The smallest absolute Gasteiger partial charge is 0.333 e. The van der Waals surface area contributed by atoms with Crippen LogP contribution in [0.3, 0.4) is 0 Å². The number of methoxy groups -OCH3 is 1. The summed E-state index contributed by atoms with van der Waals surface area (Å²) in [5, 5.41) is 6.81. The van der Waals surface area contributed by atoms with E-state index in [0.717, 1.165) is 54.4 Å². The van der Waals surface area contributed by atoms with Gasteiger partial charge in [0, 0.05) is 30.6 Å². The highest BCUT2D eigenvalue weighted by molar-refractivity contribution is 7.90. The minimum Gasteiger partial charge on any atom is -0.481 e. The van der Waals surface area contributed by atoms with Crippen molar-refractivity contribution < 1.29 is 17.9 Å². The number of nitrogens with one attached hydrogen (secondary N) is 2. The summed E-state index contributed by atoms with van der Waals surface area (Å²) in [6, 6.07) is 6.38. The molecule has 1 fully saturated rings. The number of carbonyl (C=O) groups is 1. The lowest BCUT2D eigenvalue weighted by atomic mass is 9.93. The number of fused-ring (bicyclic) bond motifs is 1. The van der Waals surface area contributed by atoms with E-state index in [4.69, 9.17) is 4.74 Å². The molecule has 10 heteroatoms. The van der Waals surface area contributed by atoms with Gasteiger partial charge in [-0.2, -0.15) is 13.5 Å². The highest BCUT2D eigenvalue weighted by atomic mass is 32.2. The molecule has 2 amide bonds. The number of benzene rings is 1. The van der Waals surface area contributed by atoms with Crippen LogP contribution in [0.15, 0.2) is 41.7 Å².